The van der Waals surface area contributed by atoms with Crippen LogP contribution in [0.4, 0.5) is 0 Å². The zero-order chi connectivity index (χ0) is 11.5. The van der Waals surface area contributed by atoms with Crippen LogP contribution in [-0.2, 0) is 4.79 Å². The highest BCUT2D eigenvalue weighted by molar-refractivity contribution is 5.78. The molecular weight excluding hydrogens is 200 g/mol. The van der Waals surface area contributed by atoms with Crippen LogP contribution in [0.3, 0.4) is 0 Å². The minimum Gasteiger partial charge on any atom is -0.342 e. The van der Waals surface area contributed by atoms with Gasteiger partial charge in [-0.2, -0.15) is 0 Å². The first-order chi connectivity index (χ1) is 7.68. The lowest BCUT2D eigenvalue weighted by Gasteiger charge is -2.30. The lowest BCUT2D eigenvalue weighted by Crippen LogP contribution is -2.44. The summed E-state index contributed by atoms with van der Waals surface area (Å²) >= 11 is 0. The van der Waals surface area contributed by atoms with Gasteiger partial charge in [0, 0.05) is 19.1 Å². The quantitative estimate of drug-likeness (QED) is 0.726. The van der Waals surface area contributed by atoms with E-state index in [9.17, 15) is 4.79 Å². The van der Waals surface area contributed by atoms with E-state index in [1.54, 1.807) is 0 Å². The SMILES string of the molecule is CC(C1CC1)N(C)CC(=O)N1CCCCC1. The second-order valence-corrected chi connectivity index (χ2v) is 5.43. The number of nitrogens with zero attached hydrogens (tertiary/aromatic N) is 2. The molecule has 2 aliphatic rings. The standard InChI is InChI=1S/C13H24N2O/c1-11(12-6-7-12)14(2)10-13(16)15-8-4-3-5-9-15/h11-12H,3-10H2,1-2H3. The van der Waals surface area contributed by atoms with Gasteiger partial charge in [-0.3, -0.25) is 9.69 Å². The average Bonchev–Trinajstić information content (AvgIpc) is 3.13. The number of hydrogen-bond donors (Lipinski definition) is 0. The number of carbonyl (C=O) groups excluding carboxylic acids is 1. The Labute approximate surface area is 98.8 Å². The van der Waals surface area contributed by atoms with Crippen molar-refractivity contribution in [3.8, 4) is 0 Å². The molecule has 1 atom stereocenters. The summed E-state index contributed by atoms with van der Waals surface area (Å²) in [6.45, 7) is 4.81. The van der Waals surface area contributed by atoms with Gasteiger partial charge in [0.15, 0.2) is 0 Å². The Hall–Kier alpha value is -0.570. The monoisotopic (exact) mass is 224 g/mol. The molecule has 2 fully saturated rings. The second kappa shape index (κ2) is 5.17. The molecule has 92 valence electrons. The van der Waals surface area contributed by atoms with Crippen molar-refractivity contribution in [3.05, 3.63) is 0 Å². The van der Waals surface area contributed by atoms with Crippen LogP contribution in [0, 0.1) is 5.92 Å². The molecule has 0 spiro atoms. The molecule has 0 radical (unpaired) electrons. The third-order valence-electron chi connectivity index (χ3n) is 4.09. The minimum atomic E-state index is 0.328. The van der Waals surface area contributed by atoms with Gasteiger partial charge < -0.3 is 4.90 Å². The molecule has 1 aliphatic carbocycles. The zero-order valence-corrected chi connectivity index (χ0v) is 10.6. The number of carbonyl (C=O) groups is 1. The van der Waals surface area contributed by atoms with Crippen molar-refractivity contribution in [1.82, 2.24) is 9.80 Å². The van der Waals surface area contributed by atoms with E-state index in [-0.39, 0.29) is 0 Å². The number of likely N-dealkylation sites (N-methyl/N-ethyl adjacent to an activating group) is 1. The van der Waals surface area contributed by atoms with Gasteiger partial charge in [0.1, 0.15) is 0 Å². The van der Waals surface area contributed by atoms with E-state index in [0.29, 0.717) is 18.5 Å². The molecule has 0 aromatic heterocycles. The fraction of sp³-hybridized carbons (Fsp3) is 0.923. The number of likely N-dealkylation sites (tertiary alicyclic amines) is 1. The van der Waals surface area contributed by atoms with Gasteiger partial charge in [-0.25, -0.2) is 0 Å². The van der Waals surface area contributed by atoms with Gasteiger partial charge in [-0.05, 0) is 52.0 Å². The Morgan fingerprint density at radius 3 is 2.50 bits per heavy atom. The van der Waals surface area contributed by atoms with Crippen molar-refractivity contribution < 1.29 is 4.79 Å². The first-order valence-corrected chi connectivity index (χ1v) is 6.66. The Kier molecular flexibility index (Phi) is 3.85. The maximum atomic E-state index is 12.0. The molecule has 0 aromatic carbocycles. The van der Waals surface area contributed by atoms with E-state index >= 15 is 0 Å². The summed E-state index contributed by atoms with van der Waals surface area (Å²) < 4.78 is 0. The van der Waals surface area contributed by atoms with Gasteiger partial charge in [-0.15, -0.1) is 0 Å². The number of piperidine rings is 1. The Morgan fingerprint density at radius 1 is 1.31 bits per heavy atom. The maximum Gasteiger partial charge on any atom is 0.236 e. The predicted molar refractivity (Wildman–Crippen MR) is 65.2 cm³/mol. The molecule has 3 nitrogen and oxygen atoms in total. The van der Waals surface area contributed by atoms with E-state index in [0.717, 1.165) is 19.0 Å². The lowest BCUT2D eigenvalue weighted by molar-refractivity contribution is -0.133. The largest absolute Gasteiger partial charge is 0.342 e. The molecule has 0 N–H and O–H groups in total. The number of rotatable bonds is 4. The van der Waals surface area contributed by atoms with Crippen LogP contribution in [0.25, 0.3) is 0 Å². The summed E-state index contributed by atoms with van der Waals surface area (Å²) in [5.74, 6) is 1.17. The summed E-state index contributed by atoms with van der Waals surface area (Å²) in [6, 6.07) is 0.578. The van der Waals surface area contributed by atoms with Crippen molar-refractivity contribution >= 4 is 5.91 Å². The average molecular weight is 224 g/mol. The predicted octanol–water partition coefficient (Wildman–Crippen LogP) is 1.73. The molecule has 16 heavy (non-hydrogen) atoms. The van der Waals surface area contributed by atoms with Crippen LogP contribution in [0.15, 0.2) is 0 Å². The summed E-state index contributed by atoms with van der Waals surface area (Å²) in [4.78, 5) is 16.3. The van der Waals surface area contributed by atoms with Crippen molar-refractivity contribution in [1.29, 1.82) is 0 Å². The molecule has 3 heteroatoms. The Balaban J connectivity index is 1.76. The highest BCUT2D eigenvalue weighted by Crippen LogP contribution is 2.34. The summed E-state index contributed by atoms with van der Waals surface area (Å²) in [5.41, 5.74) is 0. The molecule has 1 aliphatic heterocycles. The Morgan fingerprint density at radius 2 is 1.94 bits per heavy atom. The first kappa shape index (κ1) is 11.9. The lowest BCUT2D eigenvalue weighted by atomic mass is 10.1. The van der Waals surface area contributed by atoms with Crippen LogP contribution in [0.1, 0.15) is 39.0 Å². The van der Waals surface area contributed by atoms with Gasteiger partial charge in [0.25, 0.3) is 0 Å². The molecule has 1 heterocycles. The number of amides is 1. The van der Waals surface area contributed by atoms with E-state index in [1.165, 1.54) is 32.1 Å². The van der Waals surface area contributed by atoms with Crippen molar-refractivity contribution in [3.63, 3.8) is 0 Å². The summed E-state index contributed by atoms with van der Waals surface area (Å²) in [5, 5.41) is 0. The maximum absolute atomic E-state index is 12.0. The van der Waals surface area contributed by atoms with Crippen molar-refractivity contribution in [2.45, 2.75) is 45.1 Å². The van der Waals surface area contributed by atoms with Gasteiger partial charge >= 0.3 is 0 Å². The molecule has 2 rings (SSSR count). The van der Waals surface area contributed by atoms with E-state index in [4.69, 9.17) is 0 Å². The van der Waals surface area contributed by atoms with Gasteiger partial charge in [-0.1, -0.05) is 0 Å². The van der Waals surface area contributed by atoms with Crippen LogP contribution < -0.4 is 0 Å². The first-order valence-electron chi connectivity index (χ1n) is 6.66. The molecule has 1 unspecified atom stereocenters. The van der Waals surface area contributed by atoms with E-state index < -0.39 is 0 Å². The normalized spacial score (nSPS) is 23.6. The molecule has 0 aromatic rings. The van der Waals surface area contributed by atoms with Crippen molar-refractivity contribution in [2.24, 2.45) is 5.92 Å². The third-order valence-corrected chi connectivity index (χ3v) is 4.09. The van der Waals surface area contributed by atoms with E-state index in [1.807, 2.05) is 4.90 Å². The third kappa shape index (κ3) is 2.97. The van der Waals surface area contributed by atoms with Crippen LogP contribution in [0.2, 0.25) is 0 Å². The van der Waals surface area contributed by atoms with Gasteiger partial charge in [0.2, 0.25) is 5.91 Å². The van der Waals surface area contributed by atoms with Crippen LogP contribution in [-0.4, -0.2) is 48.4 Å². The molecular formula is C13H24N2O. The zero-order valence-electron chi connectivity index (χ0n) is 10.6. The fourth-order valence-electron chi connectivity index (χ4n) is 2.54. The molecule has 0 bridgehead atoms. The number of hydrogen-bond acceptors (Lipinski definition) is 2. The van der Waals surface area contributed by atoms with E-state index in [2.05, 4.69) is 18.9 Å². The topological polar surface area (TPSA) is 23.6 Å². The smallest absolute Gasteiger partial charge is 0.236 e. The van der Waals surface area contributed by atoms with Gasteiger partial charge in [0.05, 0.1) is 6.54 Å². The van der Waals surface area contributed by atoms with Crippen molar-refractivity contribution in [2.75, 3.05) is 26.7 Å². The van der Waals surface area contributed by atoms with Crippen LogP contribution in [0.5, 0.6) is 0 Å². The highest BCUT2D eigenvalue weighted by Gasteiger charge is 2.31. The van der Waals surface area contributed by atoms with Crippen LogP contribution >= 0.6 is 0 Å². The second-order valence-electron chi connectivity index (χ2n) is 5.43. The Bertz CT molecular complexity index is 244. The molecule has 1 saturated carbocycles. The minimum absolute atomic E-state index is 0.328. The molecule has 1 saturated heterocycles. The highest BCUT2D eigenvalue weighted by atomic mass is 16.2. The summed E-state index contributed by atoms with van der Waals surface area (Å²) in [6.07, 6.45) is 6.37. The molecule has 1 amide bonds. The fourth-order valence-corrected chi connectivity index (χ4v) is 2.54. The summed E-state index contributed by atoms with van der Waals surface area (Å²) in [7, 11) is 2.09.